The lowest BCUT2D eigenvalue weighted by Crippen LogP contribution is -2.23. The summed E-state index contributed by atoms with van der Waals surface area (Å²) >= 11 is 0. The van der Waals surface area contributed by atoms with E-state index in [2.05, 4.69) is 30.3 Å². The quantitative estimate of drug-likeness (QED) is 0.680. The number of rotatable bonds is 3. The molecule has 3 aromatic rings. The van der Waals surface area contributed by atoms with Gasteiger partial charge < -0.3 is 10.2 Å². The van der Waals surface area contributed by atoms with Crippen LogP contribution in [-0.2, 0) is 5.60 Å². The van der Waals surface area contributed by atoms with E-state index in [-0.39, 0.29) is 5.75 Å². The number of aliphatic hydroxyl groups is 1. The molecule has 1 aliphatic rings. The molecule has 128 valence electrons. The molecule has 1 unspecified atom stereocenters. The largest absolute Gasteiger partial charge is 0.508 e. The Balaban J connectivity index is 1.54. The molecule has 26 heavy (non-hydrogen) atoms. The van der Waals surface area contributed by atoms with Crippen LogP contribution in [-0.4, -0.2) is 10.2 Å². The smallest absolute Gasteiger partial charge is 0.115 e. The van der Waals surface area contributed by atoms with Crippen molar-refractivity contribution < 1.29 is 10.2 Å². The number of hydrogen-bond donors (Lipinski definition) is 2. The highest BCUT2D eigenvalue weighted by molar-refractivity contribution is 5.77. The van der Waals surface area contributed by atoms with Crippen molar-refractivity contribution in [2.24, 2.45) is 0 Å². The SMILES string of the molecule is Oc1ccc(-c2ccc(C3=CCC(O)(c4ccccc4)C=C3)cc2)cc1. The highest BCUT2D eigenvalue weighted by atomic mass is 16.3. The number of allylic oxidation sites excluding steroid dienone is 2. The predicted molar refractivity (Wildman–Crippen MR) is 106 cm³/mol. The Hall–Kier alpha value is -3.10. The summed E-state index contributed by atoms with van der Waals surface area (Å²) < 4.78 is 0. The van der Waals surface area contributed by atoms with E-state index in [1.165, 1.54) is 0 Å². The molecule has 0 aliphatic heterocycles. The van der Waals surface area contributed by atoms with Crippen LogP contribution >= 0.6 is 0 Å². The first-order valence-corrected chi connectivity index (χ1v) is 8.71. The molecule has 0 saturated heterocycles. The van der Waals surface area contributed by atoms with Gasteiger partial charge in [0.25, 0.3) is 0 Å². The topological polar surface area (TPSA) is 40.5 Å². The standard InChI is InChI=1S/C24H20O2/c25-23-12-10-20(11-13-23)18-6-8-19(9-7-18)21-14-16-24(26,17-15-21)22-4-2-1-3-5-22/h1-16,25-26H,17H2. The molecule has 0 bridgehead atoms. The first-order valence-electron chi connectivity index (χ1n) is 8.71. The Morgan fingerprint density at radius 1 is 0.692 bits per heavy atom. The van der Waals surface area contributed by atoms with Gasteiger partial charge in [-0.1, -0.05) is 78.9 Å². The molecule has 0 fully saturated rings. The molecule has 2 heteroatoms. The molecule has 4 rings (SSSR count). The molecule has 0 saturated carbocycles. The maximum atomic E-state index is 10.9. The van der Waals surface area contributed by atoms with Crippen molar-refractivity contribution in [2.75, 3.05) is 0 Å². The Kier molecular flexibility index (Phi) is 4.19. The van der Waals surface area contributed by atoms with E-state index in [9.17, 15) is 10.2 Å². The molecular formula is C24H20O2. The zero-order valence-electron chi connectivity index (χ0n) is 14.3. The van der Waals surface area contributed by atoms with Crippen LogP contribution < -0.4 is 0 Å². The lowest BCUT2D eigenvalue weighted by atomic mass is 9.84. The van der Waals surface area contributed by atoms with E-state index >= 15 is 0 Å². The third kappa shape index (κ3) is 3.19. The number of aromatic hydroxyl groups is 1. The molecule has 0 spiro atoms. The van der Waals surface area contributed by atoms with Crippen molar-refractivity contribution >= 4 is 5.57 Å². The minimum Gasteiger partial charge on any atom is -0.508 e. The lowest BCUT2D eigenvalue weighted by molar-refractivity contribution is 0.0920. The van der Waals surface area contributed by atoms with Gasteiger partial charge in [0.15, 0.2) is 0 Å². The summed E-state index contributed by atoms with van der Waals surface area (Å²) in [6.07, 6.45) is 6.52. The van der Waals surface area contributed by atoms with Gasteiger partial charge in [0, 0.05) is 6.42 Å². The van der Waals surface area contributed by atoms with Gasteiger partial charge in [0.1, 0.15) is 11.4 Å². The number of hydrogen-bond acceptors (Lipinski definition) is 2. The van der Waals surface area contributed by atoms with Crippen LogP contribution in [0.15, 0.2) is 97.1 Å². The zero-order valence-corrected chi connectivity index (χ0v) is 14.3. The van der Waals surface area contributed by atoms with Crippen molar-refractivity contribution in [3.05, 3.63) is 108 Å². The van der Waals surface area contributed by atoms with Crippen molar-refractivity contribution in [1.82, 2.24) is 0 Å². The summed E-state index contributed by atoms with van der Waals surface area (Å²) in [6, 6.07) is 25.3. The first-order chi connectivity index (χ1) is 12.6. The Labute approximate surface area is 153 Å². The second kappa shape index (κ2) is 6.66. The van der Waals surface area contributed by atoms with E-state index in [0.29, 0.717) is 6.42 Å². The van der Waals surface area contributed by atoms with E-state index < -0.39 is 5.60 Å². The maximum Gasteiger partial charge on any atom is 0.115 e. The molecule has 0 amide bonds. The van der Waals surface area contributed by atoms with Crippen LogP contribution in [0.2, 0.25) is 0 Å². The molecular weight excluding hydrogens is 320 g/mol. The maximum absolute atomic E-state index is 10.9. The summed E-state index contributed by atoms with van der Waals surface area (Å²) in [6.45, 7) is 0. The fourth-order valence-electron chi connectivity index (χ4n) is 3.29. The Bertz CT molecular complexity index is 951. The van der Waals surface area contributed by atoms with Crippen molar-refractivity contribution in [3.63, 3.8) is 0 Å². The normalized spacial score (nSPS) is 19.2. The summed E-state index contributed by atoms with van der Waals surface area (Å²) in [4.78, 5) is 0. The molecule has 1 atom stereocenters. The van der Waals surface area contributed by atoms with Crippen molar-refractivity contribution in [2.45, 2.75) is 12.0 Å². The average Bonchev–Trinajstić information content (AvgIpc) is 2.70. The van der Waals surface area contributed by atoms with Crippen LogP contribution in [0, 0.1) is 0 Å². The summed E-state index contributed by atoms with van der Waals surface area (Å²) in [7, 11) is 0. The minimum atomic E-state index is -0.934. The fourth-order valence-corrected chi connectivity index (χ4v) is 3.29. The Morgan fingerprint density at radius 2 is 1.27 bits per heavy atom. The molecule has 1 aliphatic carbocycles. The van der Waals surface area contributed by atoms with E-state index in [4.69, 9.17) is 0 Å². The van der Waals surface area contributed by atoms with E-state index in [1.807, 2.05) is 54.6 Å². The van der Waals surface area contributed by atoms with Crippen LogP contribution in [0.1, 0.15) is 17.5 Å². The second-order valence-electron chi connectivity index (χ2n) is 6.61. The van der Waals surface area contributed by atoms with Crippen molar-refractivity contribution in [3.8, 4) is 16.9 Å². The minimum absolute atomic E-state index is 0.272. The zero-order chi connectivity index (χ0) is 18.0. The predicted octanol–water partition coefficient (Wildman–Crippen LogP) is 5.29. The van der Waals surface area contributed by atoms with Gasteiger partial charge >= 0.3 is 0 Å². The fraction of sp³-hybridized carbons (Fsp3) is 0.0833. The second-order valence-corrected chi connectivity index (χ2v) is 6.61. The van der Waals surface area contributed by atoms with Gasteiger partial charge in [-0.15, -0.1) is 0 Å². The molecule has 2 nitrogen and oxygen atoms in total. The van der Waals surface area contributed by atoms with E-state index in [1.54, 1.807) is 12.1 Å². The van der Waals surface area contributed by atoms with Gasteiger partial charge in [-0.2, -0.15) is 0 Å². The van der Waals surface area contributed by atoms with Gasteiger partial charge in [-0.25, -0.2) is 0 Å². The van der Waals surface area contributed by atoms with E-state index in [0.717, 1.165) is 27.8 Å². The van der Waals surface area contributed by atoms with Crippen LogP contribution in [0.25, 0.3) is 16.7 Å². The van der Waals surface area contributed by atoms with Gasteiger partial charge in [-0.05, 0) is 46.0 Å². The Morgan fingerprint density at radius 3 is 1.85 bits per heavy atom. The number of benzene rings is 3. The lowest BCUT2D eigenvalue weighted by Gasteiger charge is -2.27. The molecule has 0 heterocycles. The first kappa shape index (κ1) is 16.4. The average molecular weight is 340 g/mol. The molecule has 0 radical (unpaired) electrons. The van der Waals surface area contributed by atoms with Crippen molar-refractivity contribution in [1.29, 1.82) is 0 Å². The van der Waals surface area contributed by atoms with Gasteiger partial charge in [0.05, 0.1) is 0 Å². The van der Waals surface area contributed by atoms with Crippen LogP contribution in [0.3, 0.4) is 0 Å². The molecule has 3 aromatic carbocycles. The molecule has 0 aromatic heterocycles. The third-order valence-corrected chi connectivity index (χ3v) is 4.86. The summed E-state index contributed by atoms with van der Waals surface area (Å²) in [5.74, 6) is 0.272. The highest BCUT2D eigenvalue weighted by Crippen LogP contribution is 2.34. The monoisotopic (exact) mass is 340 g/mol. The number of phenolic OH excluding ortho intramolecular Hbond substituents is 1. The molecule has 2 N–H and O–H groups in total. The van der Waals surface area contributed by atoms with Gasteiger partial charge in [0.2, 0.25) is 0 Å². The highest BCUT2D eigenvalue weighted by Gasteiger charge is 2.27. The van der Waals surface area contributed by atoms with Crippen LogP contribution in [0.5, 0.6) is 5.75 Å². The summed E-state index contributed by atoms with van der Waals surface area (Å²) in [5.41, 5.74) is 4.39. The van der Waals surface area contributed by atoms with Crippen LogP contribution in [0.4, 0.5) is 0 Å². The third-order valence-electron chi connectivity index (χ3n) is 4.86. The summed E-state index contributed by atoms with van der Waals surface area (Å²) in [5, 5.41) is 20.3. The number of phenols is 1. The van der Waals surface area contributed by atoms with Gasteiger partial charge in [-0.3, -0.25) is 0 Å².